The summed E-state index contributed by atoms with van der Waals surface area (Å²) in [6.07, 6.45) is -1.75. The number of azide groups is 1. The summed E-state index contributed by atoms with van der Waals surface area (Å²) >= 11 is 0. The molecule has 0 heterocycles. The highest BCUT2D eigenvalue weighted by Gasteiger charge is 2.20. The normalized spacial score (nSPS) is 13.8. The van der Waals surface area contributed by atoms with E-state index in [0.717, 1.165) is 11.1 Å². The Morgan fingerprint density at radius 1 is 1.33 bits per heavy atom. The minimum absolute atomic E-state index is 0.154. The number of nitrogens with zero attached hydrogens (tertiary/aromatic N) is 3. The fourth-order valence-electron chi connectivity index (χ4n) is 1.78. The summed E-state index contributed by atoms with van der Waals surface area (Å²) in [6.45, 7) is 3.87. The molecule has 1 aromatic rings. The van der Waals surface area contributed by atoms with E-state index in [-0.39, 0.29) is 13.0 Å². The van der Waals surface area contributed by atoms with Crippen molar-refractivity contribution in [2.45, 2.75) is 32.5 Å². The lowest BCUT2D eigenvalue weighted by atomic mass is 9.94. The molecule has 0 fully saturated rings. The highest BCUT2D eigenvalue weighted by molar-refractivity contribution is 5.53. The number of hydrogen-bond acceptors (Lipinski definition) is 4. The second kappa shape index (κ2) is 6.26. The average Bonchev–Trinajstić information content (AvgIpc) is 2.35. The van der Waals surface area contributed by atoms with Crippen LogP contribution in [-0.2, 0) is 0 Å². The first-order valence-corrected chi connectivity index (χ1v) is 5.71. The smallest absolute Gasteiger partial charge is 0.105 e. The van der Waals surface area contributed by atoms with Gasteiger partial charge in [0.25, 0.3) is 0 Å². The van der Waals surface area contributed by atoms with Crippen molar-refractivity contribution < 1.29 is 10.2 Å². The maximum atomic E-state index is 10.1. The van der Waals surface area contributed by atoms with E-state index < -0.39 is 12.2 Å². The van der Waals surface area contributed by atoms with Crippen molar-refractivity contribution in [1.29, 1.82) is 0 Å². The van der Waals surface area contributed by atoms with Gasteiger partial charge in [-0.15, -0.1) is 0 Å². The molecular weight excluding hydrogens is 232 g/mol. The summed E-state index contributed by atoms with van der Waals surface area (Å²) < 4.78 is 0. The third-order valence-corrected chi connectivity index (χ3v) is 3.14. The van der Waals surface area contributed by atoms with Gasteiger partial charge in [0.1, 0.15) is 6.10 Å². The molecule has 0 spiro atoms. The van der Waals surface area contributed by atoms with Gasteiger partial charge in [-0.2, -0.15) is 0 Å². The third-order valence-electron chi connectivity index (χ3n) is 3.14. The first kappa shape index (κ1) is 14.3. The molecule has 0 amide bonds. The number of nitrogens with two attached hydrogens (primary N) is 1. The summed E-state index contributed by atoms with van der Waals surface area (Å²) in [5.74, 6) is 0. The van der Waals surface area contributed by atoms with Crippen LogP contribution in [0.25, 0.3) is 10.4 Å². The first-order chi connectivity index (χ1) is 8.49. The molecule has 6 heteroatoms. The van der Waals surface area contributed by atoms with Gasteiger partial charge in [-0.3, -0.25) is 0 Å². The largest absolute Gasteiger partial charge is 0.399 e. The monoisotopic (exact) mass is 250 g/mol. The van der Waals surface area contributed by atoms with E-state index in [2.05, 4.69) is 10.0 Å². The fourth-order valence-corrected chi connectivity index (χ4v) is 1.78. The summed E-state index contributed by atoms with van der Waals surface area (Å²) in [6, 6.07) is 3.42. The molecule has 1 rings (SSSR count). The van der Waals surface area contributed by atoms with E-state index in [1.165, 1.54) is 0 Å². The molecular formula is C12H18N4O2. The highest BCUT2D eigenvalue weighted by Crippen LogP contribution is 2.27. The van der Waals surface area contributed by atoms with Crippen LogP contribution < -0.4 is 5.73 Å². The summed E-state index contributed by atoms with van der Waals surface area (Å²) in [5, 5.41) is 23.2. The zero-order valence-electron chi connectivity index (χ0n) is 10.5. The van der Waals surface area contributed by atoms with E-state index in [9.17, 15) is 10.2 Å². The van der Waals surface area contributed by atoms with E-state index in [1.807, 2.05) is 13.8 Å². The lowest BCUT2D eigenvalue weighted by molar-refractivity contribution is 0.0146. The maximum absolute atomic E-state index is 10.1. The molecule has 2 atom stereocenters. The minimum Gasteiger partial charge on any atom is -0.399 e. The van der Waals surface area contributed by atoms with Gasteiger partial charge in [-0.1, -0.05) is 11.2 Å². The predicted molar refractivity (Wildman–Crippen MR) is 69.9 cm³/mol. The van der Waals surface area contributed by atoms with Crippen molar-refractivity contribution >= 4 is 5.69 Å². The quantitative estimate of drug-likeness (QED) is 0.321. The second-order valence-electron chi connectivity index (χ2n) is 4.25. The SMILES string of the molecule is Cc1c(N)ccc(C(O)C(O)CCN=[N+]=[N-])c1C. The van der Waals surface area contributed by atoms with Gasteiger partial charge in [0.05, 0.1) is 6.10 Å². The summed E-state index contributed by atoms with van der Waals surface area (Å²) in [7, 11) is 0. The van der Waals surface area contributed by atoms with Gasteiger partial charge in [0, 0.05) is 17.1 Å². The van der Waals surface area contributed by atoms with Crippen molar-refractivity contribution in [2.24, 2.45) is 5.11 Å². The van der Waals surface area contributed by atoms with E-state index in [4.69, 9.17) is 11.3 Å². The highest BCUT2D eigenvalue weighted by atomic mass is 16.3. The topological polar surface area (TPSA) is 115 Å². The Bertz CT molecular complexity index is 469. The maximum Gasteiger partial charge on any atom is 0.105 e. The Labute approximate surface area is 106 Å². The third kappa shape index (κ3) is 3.13. The molecule has 0 aliphatic carbocycles. The number of hydrogen-bond donors (Lipinski definition) is 3. The molecule has 0 aliphatic rings. The average molecular weight is 250 g/mol. The predicted octanol–water partition coefficient (Wildman–Crippen LogP) is 1.98. The lowest BCUT2D eigenvalue weighted by Crippen LogP contribution is -2.20. The lowest BCUT2D eigenvalue weighted by Gasteiger charge is -2.21. The summed E-state index contributed by atoms with van der Waals surface area (Å²) in [4.78, 5) is 2.60. The Morgan fingerprint density at radius 3 is 2.61 bits per heavy atom. The zero-order valence-corrected chi connectivity index (χ0v) is 10.5. The van der Waals surface area contributed by atoms with Gasteiger partial charge in [0.15, 0.2) is 0 Å². The Balaban J connectivity index is 2.86. The van der Waals surface area contributed by atoms with Crippen LogP contribution in [0.15, 0.2) is 17.2 Å². The molecule has 0 bridgehead atoms. The van der Waals surface area contributed by atoms with Gasteiger partial charge in [-0.25, -0.2) is 0 Å². The molecule has 2 unspecified atom stereocenters. The first-order valence-electron chi connectivity index (χ1n) is 5.71. The molecule has 4 N–H and O–H groups in total. The molecule has 0 radical (unpaired) electrons. The number of aliphatic hydroxyl groups excluding tert-OH is 2. The minimum atomic E-state index is -1.00. The van der Waals surface area contributed by atoms with Gasteiger partial charge in [0.2, 0.25) is 0 Å². The Hall–Kier alpha value is -1.75. The van der Waals surface area contributed by atoms with Crippen LogP contribution in [0.3, 0.4) is 0 Å². The van der Waals surface area contributed by atoms with Crippen molar-refractivity contribution in [3.05, 3.63) is 39.3 Å². The number of anilines is 1. The number of rotatable bonds is 5. The Kier molecular flexibility index (Phi) is 4.97. The van der Waals surface area contributed by atoms with Crippen LogP contribution in [0.4, 0.5) is 5.69 Å². The van der Waals surface area contributed by atoms with Crippen molar-refractivity contribution in [2.75, 3.05) is 12.3 Å². The van der Waals surface area contributed by atoms with Crippen LogP contribution in [0.5, 0.6) is 0 Å². The van der Waals surface area contributed by atoms with Crippen molar-refractivity contribution in [3.63, 3.8) is 0 Å². The van der Waals surface area contributed by atoms with Crippen LogP contribution in [0.1, 0.15) is 29.2 Å². The Morgan fingerprint density at radius 2 is 2.00 bits per heavy atom. The van der Waals surface area contributed by atoms with E-state index in [1.54, 1.807) is 12.1 Å². The van der Waals surface area contributed by atoms with Crippen LogP contribution >= 0.6 is 0 Å². The van der Waals surface area contributed by atoms with E-state index >= 15 is 0 Å². The molecule has 98 valence electrons. The second-order valence-corrected chi connectivity index (χ2v) is 4.25. The zero-order chi connectivity index (χ0) is 13.7. The molecule has 0 aromatic heterocycles. The molecule has 0 saturated carbocycles. The van der Waals surface area contributed by atoms with Crippen LogP contribution in [-0.4, -0.2) is 22.9 Å². The van der Waals surface area contributed by atoms with Gasteiger partial charge in [-0.05, 0) is 48.6 Å². The number of benzene rings is 1. The van der Waals surface area contributed by atoms with E-state index in [0.29, 0.717) is 11.3 Å². The van der Waals surface area contributed by atoms with Crippen molar-refractivity contribution in [1.82, 2.24) is 0 Å². The summed E-state index contributed by atoms with van der Waals surface area (Å²) in [5.41, 5.74) is 17.0. The molecule has 6 nitrogen and oxygen atoms in total. The number of nitrogen functional groups attached to an aromatic ring is 1. The van der Waals surface area contributed by atoms with Gasteiger partial charge >= 0.3 is 0 Å². The van der Waals surface area contributed by atoms with Crippen LogP contribution in [0.2, 0.25) is 0 Å². The molecule has 0 saturated heterocycles. The molecule has 1 aromatic carbocycles. The van der Waals surface area contributed by atoms with Crippen LogP contribution in [0, 0.1) is 13.8 Å². The molecule has 0 aliphatic heterocycles. The molecule has 18 heavy (non-hydrogen) atoms. The fraction of sp³-hybridized carbons (Fsp3) is 0.500. The van der Waals surface area contributed by atoms with Crippen molar-refractivity contribution in [3.8, 4) is 0 Å². The van der Waals surface area contributed by atoms with Gasteiger partial charge < -0.3 is 15.9 Å². The number of aliphatic hydroxyl groups is 2. The standard InChI is InChI=1S/C12H18N4O2/c1-7-8(2)10(13)4-3-9(7)12(18)11(17)5-6-15-16-14/h3-4,11-12,17-18H,5-6,13H2,1-2H3.